The Morgan fingerprint density at radius 3 is 2.44 bits per heavy atom. The summed E-state index contributed by atoms with van der Waals surface area (Å²) in [4.78, 5) is 37.7. The van der Waals surface area contributed by atoms with Crippen LogP contribution in [0.1, 0.15) is 37.0 Å². The van der Waals surface area contributed by atoms with Gasteiger partial charge in [0.1, 0.15) is 11.4 Å². The maximum atomic E-state index is 12.7. The van der Waals surface area contributed by atoms with E-state index in [1.165, 1.54) is 13.2 Å². The number of nitro groups is 1. The summed E-state index contributed by atoms with van der Waals surface area (Å²) in [6, 6.07) is 9.38. The van der Waals surface area contributed by atoms with Crippen LogP contribution in [0.2, 0.25) is 0 Å². The Bertz CT molecular complexity index is 1110. The van der Waals surface area contributed by atoms with Crippen molar-refractivity contribution in [2.24, 2.45) is 5.92 Å². The highest BCUT2D eigenvalue weighted by Gasteiger charge is 2.24. The molecule has 0 aromatic heterocycles. The van der Waals surface area contributed by atoms with Crippen molar-refractivity contribution in [3.63, 3.8) is 0 Å². The summed E-state index contributed by atoms with van der Waals surface area (Å²) < 4.78 is 5.33. The van der Waals surface area contributed by atoms with Crippen LogP contribution in [0.15, 0.2) is 36.4 Å². The van der Waals surface area contributed by atoms with Crippen LogP contribution >= 0.6 is 12.2 Å². The van der Waals surface area contributed by atoms with Gasteiger partial charge in [0.05, 0.1) is 17.7 Å². The second-order valence-corrected chi connectivity index (χ2v) is 8.53. The van der Waals surface area contributed by atoms with E-state index >= 15 is 0 Å². The predicted octanol–water partition coefficient (Wildman–Crippen LogP) is 3.92. The van der Waals surface area contributed by atoms with Gasteiger partial charge in [-0.2, -0.15) is 0 Å². The number of carbonyl (C=O) groups excluding carboxylic acids is 2. The topological polar surface area (TPSA) is 126 Å². The Morgan fingerprint density at radius 1 is 1.12 bits per heavy atom. The average Bonchev–Trinajstić information content (AvgIpc) is 3.34. The van der Waals surface area contributed by atoms with E-state index < -0.39 is 10.8 Å². The predicted molar refractivity (Wildman–Crippen MR) is 135 cm³/mol. The van der Waals surface area contributed by atoms with Crippen molar-refractivity contribution in [3.8, 4) is 5.75 Å². The van der Waals surface area contributed by atoms with Gasteiger partial charge < -0.3 is 20.3 Å². The third kappa shape index (κ3) is 5.98. The van der Waals surface area contributed by atoms with Crippen molar-refractivity contribution in [1.82, 2.24) is 5.32 Å². The minimum Gasteiger partial charge on any atom is -0.494 e. The lowest BCUT2D eigenvalue weighted by Crippen LogP contribution is -2.34. The van der Waals surface area contributed by atoms with Crippen molar-refractivity contribution in [2.45, 2.75) is 26.7 Å². The summed E-state index contributed by atoms with van der Waals surface area (Å²) in [6.07, 6.45) is 1.96. The molecule has 180 valence electrons. The van der Waals surface area contributed by atoms with Gasteiger partial charge in [0.2, 0.25) is 5.91 Å². The minimum atomic E-state index is -0.568. The first-order valence-electron chi connectivity index (χ1n) is 10.8. The fourth-order valence-corrected chi connectivity index (χ4v) is 3.73. The molecule has 11 heteroatoms. The molecule has 10 nitrogen and oxygen atoms in total. The van der Waals surface area contributed by atoms with E-state index in [4.69, 9.17) is 17.0 Å². The van der Waals surface area contributed by atoms with Gasteiger partial charge in [0.25, 0.3) is 11.6 Å². The monoisotopic (exact) mass is 485 g/mol. The summed E-state index contributed by atoms with van der Waals surface area (Å²) >= 11 is 5.23. The molecule has 0 radical (unpaired) electrons. The number of nitrogens with one attached hydrogen (secondary N) is 3. The Labute approximate surface area is 202 Å². The number of methoxy groups -OCH3 is 1. The number of benzene rings is 2. The van der Waals surface area contributed by atoms with Crippen LogP contribution in [0, 0.1) is 16.0 Å². The minimum absolute atomic E-state index is 0.0114. The number of rotatable bonds is 7. The molecule has 3 N–H and O–H groups in total. The van der Waals surface area contributed by atoms with E-state index in [-0.39, 0.29) is 28.2 Å². The highest BCUT2D eigenvalue weighted by molar-refractivity contribution is 7.80. The van der Waals surface area contributed by atoms with Gasteiger partial charge in [0.15, 0.2) is 5.11 Å². The molecule has 0 unspecified atom stereocenters. The molecule has 34 heavy (non-hydrogen) atoms. The molecular weight excluding hydrogens is 458 g/mol. The molecule has 1 heterocycles. The third-order valence-corrected chi connectivity index (χ3v) is 5.55. The summed E-state index contributed by atoms with van der Waals surface area (Å²) in [5.74, 6) is -0.486. The van der Waals surface area contributed by atoms with Gasteiger partial charge >= 0.3 is 0 Å². The number of nitro benzene ring substituents is 1. The lowest BCUT2D eigenvalue weighted by Gasteiger charge is -2.18. The lowest BCUT2D eigenvalue weighted by atomic mass is 10.1. The Hall–Kier alpha value is -3.73. The molecule has 2 amide bonds. The van der Waals surface area contributed by atoms with E-state index in [1.54, 1.807) is 44.2 Å². The van der Waals surface area contributed by atoms with Crippen LogP contribution in [0.3, 0.4) is 0 Å². The summed E-state index contributed by atoms with van der Waals surface area (Å²) in [7, 11) is 1.48. The maximum absolute atomic E-state index is 12.7. The van der Waals surface area contributed by atoms with Crippen LogP contribution in [-0.4, -0.2) is 42.0 Å². The average molecular weight is 486 g/mol. The molecule has 0 spiro atoms. The van der Waals surface area contributed by atoms with Gasteiger partial charge in [-0.25, -0.2) is 0 Å². The molecular formula is C23H27N5O5S. The van der Waals surface area contributed by atoms with Crippen LogP contribution in [0.4, 0.5) is 22.7 Å². The fourth-order valence-electron chi connectivity index (χ4n) is 3.52. The van der Waals surface area contributed by atoms with Gasteiger partial charge in [-0.15, -0.1) is 0 Å². The third-order valence-electron chi connectivity index (χ3n) is 5.35. The van der Waals surface area contributed by atoms with E-state index in [0.29, 0.717) is 22.8 Å². The first kappa shape index (κ1) is 24.9. The van der Waals surface area contributed by atoms with Crippen molar-refractivity contribution in [3.05, 3.63) is 52.1 Å². The molecule has 2 aromatic carbocycles. The van der Waals surface area contributed by atoms with Crippen molar-refractivity contribution >= 4 is 51.9 Å². The Morgan fingerprint density at radius 2 is 1.82 bits per heavy atom. The Kier molecular flexibility index (Phi) is 8.00. The number of amides is 2. The lowest BCUT2D eigenvalue weighted by molar-refractivity contribution is -0.384. The van der Waals surface area contributed by atoms with Crippen LogP contribution in [-0.2, 0) is 4.79 Å². The molecule has 1 aliphatic heterocycles. The summed E-state index contributed by atoms with van der Waals surface area (Å²) in [5.41, 5.74) is 1.56. The number of hydrogen-bond acceptors (Lipinski definition) is 7. The largest absolute Gasteiger partial charge is 0.494 e. The van der Waals surface area contributed by atoms with Crippen LogP contribution in [0.25, 0.3) is 0 Å². The van der Waals surface area contributed by atoms with Crippen molar-refractivity contribution in [2.75, 3.05) is 35.7 Å². The number of nitrogens with zero attached hydrogens (tertiary/aromatic N) is 2. The Balaban J connectivity index is 1.69. The second-order valence-electron chi connectivity index (χ2n) is 8.12. The normalized spacial score (nSPS) is 12.9. The summed E-state index contributed by atoms with van der Waals surface area (Å²) in [6.45, 7) is 5.08. The number of carbonyl (C=O) groups is 2. The van der Waals surface area contributed by atoms with E-state index in [2.05, 4.69) is 16.0 Å². The number of thiocarbonyl (C=S) groups is 1. The molecule has 2 aromatic rings. The highest BCUT2D eigenvalue weighted by atomic mass is 32.1. The van der Waals surface area contributed by atoms with Crippen molar-refractivity contribution in [1.29, 1.82) is 0 Å². The molecule has 0 atom stereocenters. The first-order chi connectivity index (χ1) is 16.2. The SMILES string of the molecule is COc1cc(NC(=S)NC(=O)c2ccc(N3CCCC3)c([N+](=O)[O-])c2)ccc1NC(=O)C(C)C. The van der Waals surface area contributed by atoms with E-state index in [9.17, 15) is 19.7 Å². The maximum Gasteiger partial charge on any atom is 0.293 e. The molecule has 1 aliphatic rings. The van der Waals surface area contributed by atoms with Crippen LogP contribution in [0.5, 0.6) is 5.75 Å². The molecule has 0 saturated carbocycles. The zero-order valence-electron chi connectivity index (χ0n) is 19.2. The number of ether oxygens (including phenoxy) is 1. The smallest absolute Gasteiger partial charge is 0.293 e. The second kappa shape index (κ2) is 10.9. The molecule has 3 rings (SSSR count). The molecule has 1 saturated heterocycles. The number of hydrogen-bond donors (Lipinski definition) is 3. The zero-order valence-corrected chi connectivity index (χ0v) is 20.0. The van der Waals surface area contributed by atoms with Crippen LogP contribution < -0.4 is 25.6 Å². The molecule has 0 aliphatic carbocycles. The van der Waals surface area contributed by atoms with Gasteiger partial charge in [-0.05, 0) is 49.3 Å². The standard InChI is InChI=1S/C23H27N5O5S/c1-14(2)21(29)25-17-8-7-16(13-20(17)33-3)24-23(34)26-22(30)15-6-9-18(19(12-15)28(31)32)27-10-4-5-11-27/h6-9,12-14H,4-5,10-11H2,1-3H3,(H,25,29)(H2,24,26,30,34). The first-order valence-corrected chi connectivity index (χ1v) is 11.2. The van der Waals surface area contributed by atoms with Gasteiger partial charge in [-0.1, -0.05) is 13.8 Å². The van der Waals surface area contributed by atoms with Gasteiger partial charge in [0, 0.05) is 42.4 Å². The quantitative estimate of drug-likeness (QED) is 0.306. The summed E-state index contributed by atoms with van der Waals surface area (Å²) in [5, 5.41) is 19.8. The zero-order chi connectivity index (χ0) is 24.8. The number of anilines is 3. The van der Waals surface area contributed by atoms with Gasteiger partial charge in [-0.3, -0.25) is 25.0 Å². The molecule has 1 fully saturated rings. The molecule has 0 bridgehead atoms. The highest BCUT2D eigenvalue weighted by Crippen LogP contribution is 2.32. The van der Waals surface area contributed by atoms with Crippen molar-refractivity contribution < 1.29 is 19.2 Å². The fraction of sp³-hybridized carbons (Fsp3) is 0.348. The van der Waals surface area contributed by atoms with E-state index in [0.717, 1.165) is 25.9 Å². The van der Waals surface area contributed by atoms with E-state index in [1.807, 2.05) is 4.90 Å².